The Bertz CT molecular complexity index is 593. The molecule has 5 heteroatoms. The zero-order valence-electron chi connectivity index (χ0n) is 10.9. The van der Waals surface area contributed by atoms with Crippen molar-refractivity contribution in [2.45, 2.75) is 20.4 Å². The average molecular weight is 323 g/mol. The molecule has 0 spiro atoms. The Morgan fingerprint density at radius 1 is 1.47 bits per heavy atom. The summed E-state index contributed by atoms with van der Waals surface area (Å²) in [5.74, 6) is 1.56. The number of carbonyl (C=O) groups is 1. The van der Waals surface area contributed by atoms with Crippen LogP contribution in [0.25, 0.3) is 0 Å². The summed E-state index contributed by atoms with van der Waals surface area (Å²) in [6.07, 6.45) is 3.67. The lowest BCUT2D eigenvalue weighted by Gasteiger charge is -2.11. The number of Topliss-reactive ketones (excluding diaryl/α,β-unsaturated/α-hetero) is 1. The highest BCUT2D eigenvalue weighted by atomic mass is 79.9. The van der Waals surface area contributed by atoms with Crippen LogP contribution in [0.2, 0.25) is 0 Å². The van der Waals surface area contributed by atoms with Gasteiger partial charge < -0.3 is 9.30 Å². The van der Waals surface area contributed by atoms with Gasteiger partial charge in [-0.25, -0.2) is 4.98 Å². The number of imidazole rings is 1. The van der Waals surface area contributed by atoms with Crippen LogP contribution in [0.5, 0.6) is 5.75 Å². The van der Waals surface area contributed by atoms with Gasteiger partial charge in [0.2, 0.25) is 0 Å². The number of benzene rings is 1. The number of rotatable bonds is 5. The molecule has 0 amide bonds. The van der Waals surface area contributed by atoms with Gasteiger partial charge >= 0.3 is 0 Å². The predicted molar refractivity (Wildman–Crippen MR) is 76.6 cm³/mol. The number of aryl methyl sites for hydroxylation is 1. The highest BCUT2D eigenvalue weighted by molar-refractivity contribution is 9.10. The van der Waals surface area contributed by atoms with Crippen molar-refractivity contribution in [3.63, 3.8) is 0 Å². The molecular formula is C14H15BrN2O2. The van der Waals surface area contributed by atoms with Crippen LogP contribution in [0.15, 0.2) is 35.1 Å². The van der Waals surface area contributed by atoms with E-state index in [1.165, 1.54) is 6.92 Å². The zero-order valence-corrected chi connectivity index (χ0v) is 12.5. The van der Waals surface area contributed by atoms with Crippen LogP contribution in [-0.4, -0.2) is 21.9 Å². The SMILES string of the molecule is CC(=O)c1ccc(Br)cc1OCCn1ccnc1C. The first-order valence-electron chi connectivity index (χ1n) is 5.99. The molecule has 0 atom stereocenters. The molecule has 1 aromatic heterocycles. The first kappa shape index (κ1) is 13.8. The van der Waals surface area contributed by atoms with Crippen LogP contribution in [0, 0.1) is 6.92 Å². The molecule has 0 radical (unpaired) electrons. The smallest absolute Gasteiger partial charge is 0.163 e. The second-order valence-electron chi connectivity index (χ2n) is 4.21. The molecule has 0 aliphatic carbocycles. The van der Waals surface area contributed by atoms with Crippen molar-refractivity contribution in [3.8, 4) is 5.75 Å². The summed E-state index contributed by atoms with van der Waals surface area (Å²) in [5, 5.41) is 0. The van der Waals surface area contributed by atoms with Crippen LogP contribution in [0.1, 0.15) is 23.1 Å². The van der Waals surface area contributed by atoms with Gasteiger partial charge in [-0.3, -0.25) is 4.79 Å². The summed E-state index contributed by atoms with van der Waals surface area (Å²) >= 11 is 3.38. The van der Waals surface area contributed by atoms with Gasteiger partial charge in [0.25, 0.3) is 0 Å². The van der Waals surface area contributed by atoms with Crippen molar-refractivity contribution < 1.29 is 9.53 Å². The summed E-state index contributed by atoms with van der Waals surface area (Å²) in [7, 11) is 0. The summed E-state index contributed by atoms with van der Waals surface area (Å²) in [4.78, 5) is 15.7. The molecule has 0 fully saturated rings. The van der Waals surface area contributed by atoms with Crippen molar-refractivity contribution in [1.82, 2.24) is 9.55 Å². The van der Waals surface area contributed by atoms with E-state index in [0.29, 0.717) is 24.5 Å². The Morgan fingerprint density at radius 3 is 2.89 bits per heavy atom. The molecule has 1 aromatic carbocycles. The van der Waals surface area contributed by atoms with E-state index in [4.69, 9.17) is 4.74 Å². The molecule has 0 saturated carbocycles. The van der Waals surface area contributed by atoms with E-state index in [0.717, 1.165) is 10.3 Å². The molecule has 0 aliphatic rings. The Hall–Kier alpha value is -1.62. The van der Waals surface area contributed by atoms with Crippen molar-refractivity contribution in [1.29, 1.82) is 0 Å². The number of aromatic nitrogens is 2. The van der Waals surface area contributed by atoms with Gasteiger partial charge in [0.1, 0.15) is 18.2 Å². The minimum Gasteiger partial charge on any atom is -0.491 e. The van der Waals surface area contributed by atoms with Crippen LogP contribution >= 0.6 is 15.9 Å². The number of halogens is 1. The largest absolute Gasteiger partial charge is 0.491 e. The number of carbonyl (C=O) groups excluding carboxylic acids is 1. The average Bonchev–Trinajstić information content (AvgIpc) is 2.75. The molecular weight excluding hydrogens is 308 g/mol. The zero-order chi connectivity index (χ0) is 13.8. The van der Waals surface area contributed by atoms with Crippen LogP contribution in [0.3, 0.4) is 0 Å². The van der Waals surface area contributed by atoms with Gasteiger partial charge in [-0.15, -0.1) is 0 Å². The van der Waals surface area contributed by atoms with Crippen molar-refractivity contribution in [2.24, 2.45) is 0 Å². The van der Waals surface area contributed by atoms with Crippen molar-refractivity contribution in [2.75, 3.05) is 6.61 Å². The lowest BCUT2D eigenvalue weighted by atomic mass is 10.1. The Kier molecular flexibility index (Phi) is 4.37. The van der Waals surface area contributed by atoms with Gasteiger partial charge in [-0.1, -0.05) is 15.9 Å². The molecule has 0 bridgehead atoms. The second-order valence-corrected chi connectivity index (χ2v) is 5.13. The molecule has 2 aromatic rings. The third-order valence-corrected chi connectivity index (χ3v) is 3.33. The lowest BCUT2D eigenvalue weighted by Crippen LogP contribution is -2.10. The predicted octanol–water partition coefficient (Wildman–Crippen LogP) is 3.24. The summed E-state index contributed by atoms with van der Waals surface area (Å²) in [6.45, 7) is 4.68. The standard InChI is InChI=1S/C14H15BrN2O2/c1-10(18)13-4-3-12(15)9-14(13)19-8-7-17-6-5-16-11(17)2/h3-6,9H,7-8H2,1-2H3. The highest BCUT2D eigenvalue weighted by Crippen LogP contribution is 2.24. The summed E-state index contributed by atoms with van der Waals surface area (Å²) in [5.41, 5.74) is 0.602. The van der Waals surface area contributed by atoms with Crippen molar-refractivity contribution >= 4 is 21.7 Å². The fraction of sp³-hybridized carbons (Fsp3) is 0.286. The van der Waals surface area contributed by atoms with E-state index in [2.05, 4.69) is 20.9 Å². The number of hydrogen-bond donors (Lipinski definition) is 0. The number of nitrogens with zero attached hydrogens (tertiary/aromatic N) is 2. The topological polar surface area (TPSA) is 44.1 Å². The third-order valence-electron chi connectivity index (χ3n) is 2.84. The monoisotopic (exact) mass is 322 g/mol. The fourth-order valence-corrected chi connectivity index (χ4v) is 2.14. The van der Waals surface area contributed by atoms with E-state index in [-0.39, 0.29) is 5.78 Å². The van der Waals surface area contributed by atoms with E-state index in [1.54, 1.807) is 12.3 Å². The molecule has 2 rings (SSSR count). The summed E-state index contributed by atoms with van der Waals surface area (Å²) in [6, 6.07) is 5.42. The molecule has 100 valence electrons. The highest BCUT2D eigenvalue weighted by Gasteiger charge is 2.09. The van der Waals surface area contributed by atoms with Crippen molar-refractivity contribution in [3.05, 3.63) is 46.5 Å². The van der Waals surface area contributed by atoms with Gasteiger partial charge in [-0.05, 0) is 32.0 Å². The van der Waals surface area contributed by atoms with Gasteiger partial charge in [0.15, 0.2) is 5.78 Å². The van der Waals surface area contributed by atoms with Gasteiger partial charge in [-0.2, -0.15) is 0 Å². The number of ketones is 1. The number of hydrogen-bond acceptors (Lipinski definition) is 3. The first-order valence-corrected chi connectivity index (χ1v) is 6.78. The Morgan fingerprint density at radius 2 is 2.26 bits per heavy atom. The number of ether oxygens (including phenoxy) is 1. The molecule has 4 nitrogen and oxygen atoms in total. The van der Waals surface area contributed by atoms with Crippen LogP contribution in [-0.2, 0) is 6.54 Å². The third kappa shape index (κ3) is 3.44. The van der Waals surface area contributed by atoms with E-state index < -0.39 is 0 Å². The minimum atomic E-state index is 0.00121. The first-order chi connectivity index (χ1) is 9.08. The second kappa shape index (κ2) is 6.02. The normalized spacial score (nSPS) is 10.5. The minimum absolute atomic E-state index is 0.00121. The molecule has 19 heavy (non-hydrogen) atoms. The van der Waals surface area contributed by atoms with E-state index >= 15 is 0 Å². The quantitative estimate of drug-likeness (QED) is 0.794. The maximum Gasteiger partial charge on any atom is 0.163 e. The molecule has 0 aliphatic heterocycles. The molecule has 0 unspecified atom stereocenters. The molecule has 0 saturated heterocycles. The van der Waals surface area contributed by atoms with Crippen LogP contribution < -0.4 is 4.74 Å². The van der Waals surface area contributed by atoms with Gasteiger partial charge in [0, 0.05) is 16.9 Å². The Labute approximate surface area is 120 Å². The van der Waals surface area contributed by atoms with E-state index in [1.807, 2.05) is 29.8 Å². The van der Waals surface area contributed by atoms with E-state index in [9.17, 15) is 4.79 Å². The summed E-state index contributed by atoms with van der Waals surface area (Å²) < 4.78 is 8.61. The fourth-order valence-electron chi connectivity index (χ4n) is 1.80. The van der Waals surface area contributed by atoms with Crippen LogP contribution in [0.4, 0.5) is 0 Å². The lowest BCUT2D eigenvalue weighted by molar-refractivity contribution is 0.101. The maximum atomic E-state index is 11.5. The molecule has 1 heterocycles. The Balaban J connectivity index is 2.05. The van der Waals surface area contributed by atoms with Gasteiger partial charge in [0.05, 0.1) is 12.1 Å². The maximum absolute atomic E-state index is 11.5. The molecule has 0 N–H and O–H groups in total.